The van der Waals surface area contributed by atoms with Gasteiger partial charge in [0.25, 0.3) is 0 Å². The molecule has 0 saturated heterocycles. The molecular weight excluding hydrogens is 332 g/mol. The predicted octanol–water partition coefficient (Wildman–Crippen LogP) is 4.65. The van der Waals surface area contributed by atoms with Crippen LogP contribution in [0.1, 0.15) is 23.7 Å². The summed E-state index contributed by atoms with van der Waals surface area (Å²) in [7, 11) is 0. The molecule has 25 heavy (non-hydrogen) atoms. The summed E-state index contributed by atoms with van der Waals surface area (Å²) in [6, 6.07) is 10.4. The van der Waals surface area contributed by atoms with Gasteiger partial charge in [-0.25, -0.2) is 10.8 Å². The van der Waals surface area contributed by atoms with Crippen molar-refractivity contribution in [1.29, 1.82) is 0 Å². The number of nitrogens with zero attached hydrogens (tertiary/aromatic N) is 2. The first-order chi connectivity index (χ1) is 12.0. The third kappa shape index (κ3) is 2.36. The van der Waals surface area contributed by atoms with Gasteiger partial charge in [0.1, 0.15) is 5.84 Å². The van der Waals surface area contributed by atoms with Gasteiger partial charge in [-0.15, -0.1) is 0 Å². The maximum absolute atomic E-state index is 6.10. The van der Waals surface area contributed by atoms with E-state index in [0.29, 0.717) is 6.54 Å². The van der Waals surface area contributed by atoms with Gasteiger partial charge in [-0.1, -0.05) is 30.7 Å². The van der Waals surface area contributed by atoms with Gasteiger partial charge in [0.15, 0.2) is 0 Å². The summed E-state index contributed by atoms with van der Waals surface area (Å²) < 4.78 is 2.29. The van der Waals surface area contributed by atoms with Crippen molar-refractivity contribution >= 4 is 34.0 Å². The molecular formula is C20H21ClN4. The van der Waals surface area contributed by atoms with Crippen LogP contribution >= 0.6 is 11.6 Å². The van der Waals surface area contributed by atoms with E-state index in [9.17, 15) is 0 Å². The Balaban J connectivity index is 2.14. The van der Waals surface area contributed by atoms with Gasteiger partial charge >= 0.3 is 0 Å². The molecule has 0 atom stereocenters. The number of halogens is 1. The van der Waals surface area contributed by atoms with Crippen LogP contribution in [0.15, 0.2) is 35.3 Å². The summed E-state index contributed by atoms with van der Waals surface area (Å²) in [5, 5.41) is 2.00. The highest BCUT2D eigenvalue weighted by Crippen LogP contribution is 2.44. The second-order valence-electron chi connectivity index (χ2n) is 6.52. The molecule has 5 heteroatoms. The number of aromatic nitrogens is 1. The number of hydrogen-bond donors (Lipinski definition) is 2. The molecule has 0 fully saturated rings. The number of benzene rings is 2. The first-order valence-corrected chi connectivity index (χ1v) is 8.88. The highest BCUT2D eigenvalue weighted by atomic mass is 35.5. The summed E-state index contributed by atoms with van der Waals surface area (Å²) in [4.78, 5) is 4.79. The normalized spacial score (nSPS) is 13.2. The minimum absolute atomic E-state index is 0.670. The second-order valence-corrected chi connectivity index (χ2v) is 6.96. The number of nitrogens with one attached hydrogen (secondary N) is 1. The van der Waals surface area contributed by atoms with Crippen molar-refractivity contribution in [1.82, 2.24) is 9.99 Å². The Morgan fingerprint density at radius 1 is 1.24 bits per heavy atom. The second kappa shape index (κ2) is 5.90. The third-order valence-electron chi connectivity index (χ3n) is 5.12. The molecule has 4 nitrogen and oxygen atoms in total. The zero-order valence-corrected chi connectivity index (χ0v) is 15.4. The first kappa shape index (κ1) is 16.2. The van der Waals surface area contributed by atoms with E-state index < -0.39 is 0 Å². The van der Waals surface area contributed by atoms with Crippen molar-refractivity contribution in [3.63, 3.8) is 0 Å². The lowest BCUT2D eigenvalue weighted by molar-refractivity contribution is 0.806. The number of hydrazine groups is 1. The molecule has 128 valence electrons. The van der Waals surface area contributed by atoms with E-state index in [2.05, 4.69) is 49.0 Å². The van der Waals surface area contributed by atoms with Crippen LogP contribution in [0.2, 0.25) is 5.02 Å². The molecule has 0 saturated carbocycles. The summed E-state index contributed by atoms with van der Waals surface area (Å²) in [6.45, 7) is 7.15. The van der Waals surface area contributed by atoms with Crippen LogP contribution in [0.5, 0.6) is 0 Å². The highest BCUT2D eigenvalue weighted by molar-refractivity contribution is 6.30. The van der Waals surface area contributed by atoms with Gasteiger partial charge in [0, 0.05) is 16.1 Å². The number of aliphatic imine (C=N–C) groups is 1. The average Bonchev–Trinajstić information content (AvgIpc) is 2.95. The van der Waals surface area contributed by atoms with Crippen molar-refractivity contribution in [2.75, 3.05) is 0 Å². The van der Waals surface area contributed by atoms with Crippen LogP contribution in [0.25, 0.3) is 22.0 Å². The average molecular weight is 353 g/mol. The van der Waals surface area contributed by atoms with Gasteiger partial charge in [0.05, 0.1) is 17.7 Å². The molecule has 0 unspecified atom stereocenters. The van der Waals surface area contributed by atoms with E-state index in [1.54, 1.807) is 0 Å². The molecule has 3 aromatic rings. The van der Waals surface area contributed by atoms with E-state index in [1.165, 1.54) is 38.9 Å². The van der Waals surface area contributed by atoms with Crippen LogP contribution < -0.4 is 11.3 Å². The predicted molar refractivity (Wildman–Crippen MR) is 106 cm³/mol. The Hall–Kier alpha value is -2.30. The largest absolute Gasteiger partial charge is 0.335 e. The van der Waals surface area contributed by atoms with Gasteiger partial charge in [0.2, 0.25) is 0 Å². The van der Waals surface area contributed by atoms with Crippen molar-refractivity contribution in [2.45, 2.75) is 33.7 Å². The smallest absolute Gasteiger partial charge is 0.136 e. The molecule has 0 radical (unpaired) electrons. The fraction of sp³-hybridized carbons (Fsp3) is 0.250. The number of hydrogen-bond acceptors (Lipinski definition) is 3. The maximum Gasteiger partial charge on any atom is 0.136 e. The maximum atomic E-state index is 6.10. The van der Waals surface area contributed by atoms with Crippen molar-refractivity contribution < 1.29 is 0 Å². The molecule has 0 bridgehead atoms. The van der Waals surface area contributed by atoms with E-state index in [4.69, 9.17) is 22.4 Å². The fourth-order valence-electron chi connectivity index (χ4n) is 3.92. The molecule has 0 spiro atoms. The first-order valence-electron chi connectivity index (χ1n) is 8.50. The molecule has 1 aliphatic heterocycles. The number of nitrogens with two attached hydrogens (primary N) is 1. The van der Waals surface area contributed by atoms with Crippen LogP contribution in [0.3, 0.4) is 0 Å². The molecule has 0 amide bonds. The highest BCUT2D eigenvalue weighted by Gasteiger charge is 2.24. The van der Waals surface area contributed by atoms with E-state index in [1.807, 2.05) is 12.1 Å². The minimum atomic E-state index is 0.670. The number of aryl methyl sites for hydroxylation is 1. The topological polar surface area (TPSA) is 55.3 Å². The molecule has 3 N–H and O–H groups in total. The quantitative estimate of drug-likeness (QED) is 0.521. The van der Waals surface area contributed by atoms with Crippen molar-refractivity contribution in [2.24, 2.45) is 10.8 Å². The minimum Gasteiger partial charge on any atom is -0.335 e. The zero-order chi connectivity index (χ0) is 17.7. The van der Waals surface area contributed by atoms with Crippen molar-refractivity contribution in [3.05, 3.63) is 52.2 Å². The van der Waals surface area contributed by atoms with Crippen molar-refractivity contribution in [3.8, 4) is 11.1 Å². The molecule has 0 aliphatic carbocycles. The Morgan fingerprint density at radius 2 is 1.96 bits per heavy atom. The van der Waals surface area contributed by atoms with E-state index in [-0.39, 0.29) is 0 Å². The Bertz CT molecular complexity index is 1010. The monoisotopic (exact) mass is 352 g/mol. The lowest BCUT2D eigenvalue weighted by Crippen LogP contribution is -2.35. The van der Waals surface area contributed by atoms with Crippen LogP contribution in [0, 0.1) is 13.8 Å². The summed E-state index contributed by atoms with van der Waals surface area (Å²) in [5.41, 5.74) is 11.2. The summed E-state index contributed by atoms with van der Waals surface area (Å²) >= 11 is 6.10. The Kier molecular flexibility index (Phi) is 3.82. The number of rotatable bonds is 2. The van der Waals surface area contributed by atoms with Crippen LogP contribution in [-0.2, 0) is 13.0 Å². The summed E-state index contributed by atoms with van der Waals surface area (Å²) in [6.07, 6.45) is 0.942. The molecule has 2 aromatic carbocycles. The fourth-order valence-corrected chi connectivity index (χ4v) is 4.05. The summed E-state index contributed by atoms with van der Waals surface area (Å²) in [5.74, 6) is 6.45. The Morgan fingerprint density at radius 3 is 2.60 bits per heavy atom. The van der Waals surface area contributed by atoms with E-state index in [0.717, 1.165) is 23.0 Å². The van der Waals surface area contributed by atoms with Gasteiger partial charge in [-0.05, 0) is 60.7 Å². The van der Waals surface area contributed by atoms with E-state index >= 15 is 0 Å². The van der Waals surface area contributed by atoms with Gasteiger partial charge in [-0.2, -0.15) is 0 Å². The molecule has 4 rings (SSSR count). The Labute approximate surface area is 152 Å². The van der Waals surface area contributed by atoms with Gasteiger partial charge < -0.3 is 9.99 Å². The zero-order valence-electron chi connectivity index (χ0n) is 14.7. The van der Waals surface area contributed by atoms with Crippen LogP contribution in [0.4, 0.5) is 5.69 Å². The molecule has 2 heterocycles. The third-order valence-corrected chi connectivity index (χ3v) is 5.37. The molecule has 1 aromatic heterocycles. The van der Waals surface area contributed by atoms with Crippen LogP contribution in [-0.4, -0.2) is 10.4 Å². The standard InChI is InChI=1S/C20H21ClN4/c1-4-15-12(3)19-20-16(18(15)13-5-7-14(21)8-6-13)9-11(2)25(20)10-17(23-19)24-22/h5-9H,4,10,22H2,1-3H3,(H,23,24). The van der Waals surface area contributed by atoms with Gasteiger partial charge in [-0.3, -0.25) is 0 Å². The SMILES string of the molecule is CCc1c(C)c2c3c(cc(C)n3CC(NN)=N2)c1-c1ccc(Cl)cc1. The number of amidine groups is 1. The lowest BCUT2D eigenvalue weighted by Gasteiger charge is -2.22. The molecule has 1 aliphatic rings. The lowest BCUT2D eigenvalue weighted by atomic mass is 9.89.